The smallest absolute Gasteiger partial charge is 0.126 e. The molecule has 1 nitrogen and oxygen atoms in total. The van der Waals surface area contributed by atoms with E-state index in [1.54, 1.807) is 6.07 Å². The number of hydrogen-bond acceptors (Lipinski definition) is 1. The molecular weight excluding hydrogens is 335 g/mol. The highest BCUT2D eigenvalue weighted by molar-refractivity contribution is 5.44. The van der Waals surface area contributed by atoms with Gasteiger partial charge in [-0.1, -0.05) is 100 Å². The third-order valence-electron chi connectivity index (χ3n) is 3.50. The molecule has 0 heterocycles. The molecule has 0 aliphatic rings. The molecule has 0 aliphatic heterocycles. The van der Waals surface area contributed by atoms with Crippen LogP contribution < -0.4 is 0 Å². The first-order chi connectivity index (χ1) is 12.6. The van der Waals surface area contributed by atoms with Gasteiger partial charge in [0.1, 0.15) is 12.1 Å². The summed E-state index contributed by atoms with van der Waals surface area (Å²) in [7, 11) is 0. The van der Waals surface area contributed by atoms with E-state index in [-0.39, 0.29) is 5.82 Å². The lowest BCUT2D eigenvalue weighted by Crippen LogP contribution is -1.93. The number of benzene rings is 1. The molecule has 160 valence electrons. The van der Waals surface area contributed by atoms with Gasteiger partial charge in [0.15, 0.2) is 0 Å². The standard InChI is InChI=1S/C11H15F.C8H18.C4H10.C2H4O/c1-4-9-7-10(8(2)3)5-6-11(9)12;1-4-5-6-7-8(2)3;1-4(2)3;1-2-3/h5-8H,4H2,1-3H3;8H,4-7H2,1-3H3;4H,1-3H3;2H,1H3. The van der Waals surface area contributed by atoms with Crippen LogP contribution >= 0.6 is 0 Å². The van der Waals surface area contributed by atoms with E-state index in [1.165, 1.54) is 38.2 Å². The second kappa shape index (κ2) is 21.1. The van der Waals surface area contributed by atoms with E-state index in [9.17, 15) is 4.39 Å². The zero-order valence-corrected chi connectivity index (χ0v) is 19.9. The zero-order valence-electron chi connectivity index (χ0n) is 19.9. The molecule has 0 fully saturated rings. The van der Waals surface area contributed by atoms with Crippen LogP contribution in [-0.4, -0.2) is 6.29 Å². The van der Waals surface area contributed by atoms with Crippen LogP contribution in [0.2, 0.25) is 0 Å². The fourth-order valence-electron chi connectivity index (χ4n) is 2.03. The molecule has 0 radical (unpaired) electrons. The van der Waals surface area contributed by atoms with Crippen molar-refractivity contribution in [3.8, 4) is 0 Å². The van der Waals surface area contributed by atoms with Crippen LogP contribution in [0.4, 0.5) is 4.39 Å². The molecule has 0 amide bonds. The van der Waals surface area contributed by atoms with Gasteiger partial charge in [-0.25, -0.2) is 4.39 Å². The van der Waals surface area contributed by atoms with Gasteiger partial charge in [-0.3, -0.25) is 0 Å². The van der Waals surface area contributed by atoms with Crippen LogP contribution in [0, 0.1) is 17.7 Å². The molecule has 0 atom stereocenters. The van der Waals surface area contributed by atoms with Crippen molar-refractivity contribution in [2.45, 2.75) is 107 Å². The Bertz CT molecular complexity index is 433. The quantitative estimate of drug-likeness (QED) is 0.355. The maximum atomic E-state index is 13.0. The first kappa shape index (κ1) is 30.5. The molecule has 0 saturated carbocycles. The van der Waals surface area contributed by atoms with Gasteiger partial charge in [0.05, 0.1) is 0 Å². The Hall–Kier alpha value is -1.18. The third kappa shape index (κ3) is 24.8. The van der Waals surface area contributed by atoms with Crippen LogP contribution in [0.1, 0.15) is 112 Å². The molecule has 1 aromatic carbocycles. The van der Waals surface area contributed by atoms with Crippen molar-refractivity contribution < 1.29 is 9.18 Å². The van der Waals surface area contributed by atoms with Gasteiger partial charge in [0, 0.05) is 0 Å². The third-order valence-corrected chi connectivity index (χ3v) is 3.50. The molecule has 0 saturated heterocycles. The van der Waals surface area contributed by atoms with E-state index in [2.05, 4.69) is 55.4 Å². The van der Waals surface area contributed by atoms with Crippen molar-refractivity contribution in [3.63, 3.8) is 0 Å². The first-order valence-electron chi connectivity index (χ1n) is 10.7. The van der Waals surface area contributed by atoms with E-state index >= 15 is 0 Å². The predicted molar refractivity (Wildman–Crippen MR) is 121 cm³/mol. The minimum atomic E-state index is -0.0816. The van der Waals surface area contributed by atoms with Crippen molar-refractivity contribution in [1.82, 2.24) is 0 Å². The highest BCUT2D eigenvalue weighted by Gasteiger charge is 2.03. The molecule has 0 N–H and O–H groups in total. The largest absolute Gasteiger partial charge is 0.304 e. The summed E-state index contributed by atoms with van der Waals surface area (Å²) in [4.78, 5) is 8.81. The van der Waals surface area contributed by atoms with E-state index in [0.717, 1.165) is 30.1 Å². The van der Waals surface area contributed by atoms with Gasteiger partial charge < -0.3 is 4.79 Å². The maximum absolute atomic E-state index is 13.0. The minimum absolute atomic E-state index is 0.0816. The number of carbonyl (C=O) groups excluding carboxylic acids is 1. The summed E-state index contributed by atoms with van der Waals surface area (Å²) in [6.45, 7) is 21.0. The predicted octanol–water partition coefficient (Wildman–Crippen LogP) is 8.60. The topological polar surface area (TPSA) is 17.1 Å². The highest BCUT2D eigenvalue weighted by Crippen LogP contribution is 2.18. The van der Waals surface area contributed by atoms with Crippen molar-refractivity contribution in [2.75, 3.05) is 0 Å². The number of unbranched alkanes of at least 4 members (excludes halogenated alkanes) is 2. The van der Waals surface area contributed by atoms with Gasteiger partial charge in [-0.15, -0.1) is 0 Å². The molecule has 0 aromatic heterocycles. The summed E-state index contributed by atoms with van der Waals surface area (Å²) in [6, 6.07) is 5.38. The van der Waals surface area contributed by atoms with Gasteiger partial charge in [0.2, 0.25) is 0 Å². The number of aryl methyl sites for hydroxylation is 1. The molecule has 1 rings (SSSR count). The van der Waals surface area contributed by atoms with Crippen LogP contribution in [0.5, 0.6) is 0 Å². The van der Waals surface area contributed by atoms with Crippen LogP contribution in [-0.2, 0) is 11.2 Å². The van der Waals surface area contributed by atoms with Crippen molar-refractivity contribution >= 4 is 6.29 Å². The summed E-state index contributed by atoms with van der Waals surface area (Å²) < 4.78 is 13.0. The molecule has 0 spiro atoms. The fourth-order valence-corrected chi connectivity index (χ4v) is 2.03. The second-order valence-electron chi connectivity index (χ2n) is 8.22. The molecule has 0 unspecified atom stereocenters. The monoisotopic (exact) mass is 382 g/mol. The van der Waals surface area contributed by atoms with Gasteiger partial charge in [-0.2, -0.15) is 0 Å². The zero-order chi connectivity index (χ0) is 21.8. The normalized spacial score (nSPS) is 9.70. The van der Waals surface area contributed by atoms with Crippen LogP contribution in [0.15, 0.2) is 18.2 Å². The minimum Gasteiger partial charge on any atom is -0.304 e. The highest BCUT2D eigenvalue weighted by atomic mass is 19.1. The average molecular weight is 383 g/mol. The van der Waals surface area contributed by atoms with Crippen molar-refractivity contribution in [3.05, 3.63) is 35.1 Å². The Labute approximate surface area is 170 Å². The Morgan fingerprint density at radius 2 is 1.44 bits per heavy atom. The van der Waals surface area contributed by atoms with E-state index in [1.807, 2.05) is 19.1 Å². The molecule has 2 heteroatoms. The fraction of sp³-hybridized carbons (Fsp3) is 0.720. The SMILES string of the molecule is CC(C)C.CC=O.CCCCCC(C)C.CCc1cc(C(C)C)ccc1F. The van der Waals surface area contributed by atoms with Crippen LogP contribution in [0.3, 0.4) is 0 Å². The summed E-state index contributed by atoms with van der Waals surface area (Å²) in [5, 5.41) is 0. The Morgan fingerprint density at radius 3 is 1.78 bits per heavy atom. The van der Waals surface area contributed by atoms with Gasteiger partial charge >= 0.3 is 0 Å². The number of hydrogen-bond donors (Lipinski definition) is 0. The summed E-state index contributed by atoms with van der Waals surface area (Å²) in [6.07, 6.45) is 7.12. The van der Waals surface area contributed by atoms with Gasteiger partial charge in [0.25, 0.3) is 0 Å². The number of rotatable bonds is 6. The molecular formula is C25H47FO. The number of aldehydes is 1. The molecule has 27 heavy (non-hydrogen) atoms. The Kier molecular flexibility index (Phi) is 23.9. The lowest BCUT2D eigenvalue weighted by molar-refractivity contribution is -0.106. The number of halogens is 1. The molecule has 0 aliphatic carbocycles. The maximum Gasteiger partial charge on any atom is 0.126 e. The Morgan fingerprint density at radius 1 is 0.963 bits per heavy atom. The summed E-state index contributed by atoms with van der Waals surface area (Å²) in [5.74, 6) is 2.14. The number of carbonyl (C=O) groups is 1. The lowest BCUT2D eigenvalue weighted by atomic mass is 10.00. The van der Waals surface area contributed by atoms with Crippen molar-refractivity contribution in [2.24, 2.45) is 11.8 Å². The Balaban J connectivity index is -0.000000332. The van der Waals surface area contributed by atoms with E-state index < -0.39 is 0 Å². The van der Waals surface area contributed by atoms with E-state index in [4.69, 9.17) is 4.79 Å². The average Bonchev–Trinajstić information content (AvgIpc) is 2.56. The first-order valence-corrected chi connectivity index (χ1v) is 10.7. The lowest BCUT2D eigenvalue weighted by Gasteiger charge is -2.07. The summed E-state index contributed by atoms with van der Waals surface area (Å²) >= 11 is 0. The molecule has 0 bridgehead atoms. The van der Waals surface area contributed by atoms with E-state index in [0.29, 0.717) is 5.92 Å². The van der Waals surface area contributed by atoms with Crippen LogP contribution in [0.25, 0.3) is 0 Å². The second-order valence-corrected chi connectivity index (χ2v) is 8.22. The van der Waals surface area contributed by atoms with Crippen molar-refractivity contribution in [1.29, 1.82) is 0 Å². The molecule has 1 aromatic rings. The summed E-state index contributed by atoms with van der Waals surface area (Å²) in [5.41, 5.74) is 2.04. The van der Waals surface area contributed by atoms with Gasteiger partial charge in [-0.05, 0) is 48.3 Å².